The van der Waals surface area contributed by atoms with Crippen molar-refractivity contribution in [1.29, 1.82) is 0 Å². The molecule has 2 N–H and O–H groups in total. The average molecular weight is 311 g/mol. The maximum Gasteiger partial charge on any atom is 0.268 e. The second-order valence-electron chi connectivity index (χ2n) is 6.14. The first kappa shape index (κ1) is 15.3. The first-order valence-electron chi connectivity index (χ1n) is 7.81. The van der Waals surface area contributed by atoms with E-state index in [1.165, 1.54) is 5.56 Å². The van der Waals surface area contributed by atoms with E-state index in [1.807, 2.05) is 13.8 Å². The third kappa shape index (κ3) is 2.86. The number of rotatable bonds is 3. The highest BCUT2D eigenvalue weighted by Gasteiger charge is 2.35. The van der Waals surface area contributed by atoms with Gasteiger partial charge in [0.05, 0.1) is 0 Å². The summed E-state index contributed by atoms with van der Waals surface area (Å²) in [6.07, 6.45) is 2.31. The van der Waals surface area contributed by atoms with E-state index in [2.05, 4.69) is 29.4 Å². The summed E-state index contributed by atoms with van der Waals surface area (Å²) in [7, 11) is 0. The normalized spacial score (nSPS) is 17.6. The number of aromatic nitrogens is 1. The van der Waals surface area contributed by atoms with E-state index >= 15 is 0 Å². The molecule has 1 aromatic carbocycles. The summed E-state index contributed by atoms with van der Waals surface area (Å²) in [6, 6.07) is 7.16. The lowest BCUT2D eigenvalue weighted by molar-refractivity contribution is -0.118. The molecule has 0 bridgehead atoms. The van der Waals surface area contributed by atoms with Crippen LogP contribution in [0.4, 0.5) is 5.69 Å². The van der Waals surface area contributed by atoms with E-state index in [4.69, 9.17) is 0 Å². The van der Waals surface area contributed by atoms with Crippen molar-refractivity contribution in [2.24, 2.45) is 0 Å². The van der Waals surface area contributed by atoms with Crippen LogP contribution >= 0.6 is 0 Å². The van der Waals surface area contributed by atoms with Crippen LogP contribution in [0.2, 0.25) is 0 Å². The maximum atomic E-state index is 12.7. The fraction of sp³-hybridized carbons (Fsp3) is 0.333. The fourth-order valence-corrected chi connectivity index (χ4v) is 3.34. The van der Waals surface area contributed by atoms with Crippen LogP contribution in [0, 0.1) is 20.8 Å². The topological polar surface area (TPSA) is 65.2 Å². The predicted octanol–water partition coefficient (Wildman–Crippen LogP) is 2.48. The van der Waals surface area contributed by atoms with Crippen molar-refractivity contribution in [3.63, 3.8) is 0 Å². The molecule has 23 heavy (non-hydrogen) atoms. The van der Waals surface area contributed by atoms with E-state index in [1.54, 1.807) is 23.2 Å². The third-order valence-electron chi connectivity index (χ3n) is 4.26. The van der Waals surface area contributed by atoms with Gasteiger partial charge in [-0.3, -0.25) is 9.59 Å². The molecule has 1 aromatic heterocycles. The number of hydrogen-bond acceptors (Lipinski definition) is 2. The van der Waals surface area contributed by atoms with Crippen LogP contribution in [0.25, 0.3) is 0 Å². The molecule has 1 aliphatic rings. The van der Waals surface area contributed by atoms with Crippen LogP contribution in [-0.2, 0) is 4.79 Å². The molecule has 1 unspecified atom stereocenters. The number of hydrogen-bond donors (Lipinski definition) is 2. The Morgan fingerprint density at radius 2 is 1.96 bits per heavy atom. The van der Waals surface area contributed by atoms with E-state index in [9.17, 15) is 9.59 Å². The van der Waals surface area contributed by atoms with Crippen molar-refractivity contribution in [3.8, 4) is 0 Å². The monoisotopic (exact) mass is 311 g/mol. The van der Waals surface area contributed by atoms with Crippen molar-refractivity contribution in [2.45, 2.75) is 33.2 Å². The van der Waals surface area contributed by atoms with Gasteiger partial charge in [-0.05, 0) is 50.5 Å². The van der Waals surface area contributed by atoms with Crippen molar-refractivity contribution in [2.75, 3.05) is 11.4 Å². The molecule has 0 radical (unpaired) electrons. The molecule has 0 saturated carbocycles. The number of aromatic amines is 1. The van der Waals surface area contributed by atoms with Crippen LogP contribution < -0.4 is 10.2 Å². The second-order valence-corrected chi connectivity index (χ2v) is 6.14. The lowest BCUT2D eigenvalue weighted by Crippen LogP contribution is -2.42. The molecule has 5 heteroatoms. The van der Waals surface area contributed by atoms with Gasteiger partial charge in [-0.1, -0.05) is 17.7 Å². The fourth-order valence-electron chi connectivity index (χ4n) is 3.34. The molecular weight excluding hydrogens is 290 g/mol. The molecule has 120 valence electrons. The maximum absolute atomic E-state index is 12.7. The van der Waals surface area contributed by atoms with Gasteiger partial charge in [-0.25, -0.2) is 0 Å². The number of nitrogens with zero attached hydrogens (tertiary/aromatic N) is 1. The molecule has 1 aliphatic heterocycles. The van der Waals surface area contributed by atoms with Crippen LogP contribution in [0.5, 0.6) is 0 Å². The van der Waals surface area contributed by atoms with Gasteiger partial charge < -0.3 is 15.2 Å². The van der Waals surface area contributed by atoms with Crippen molar-refractivity contribution in [1.82, 2.24) is 10.3 Å². The van der Waals surface area contributed by atoms with Gasteiger partial charge in [0.2, 0.25) is 5.91 Å². The summed E-state index contributed by atoms with van der Waals surface area (Å²) < 4.78 is 0. The van der Waals surface area contributed by atoms with Gasteiger partial charge in [-0.2, -0.15) is 0 Å². The molecular formula is C18H21N3O2. The van der Waals surface area contributed by atoms with Gasteiger partial charge in [0.15, 0.2) is 0 Å². The molecule has 0 spiro atoms. The first-order valence-corrected chi connectivity index (χ1v) is 7.81. The molecule has 0 aliphatic carbocycles. The summed E-state index contributed by atoms with van der Waals surface area (Å²) in [5, 5.41) is 2.82. The Morgan fingerprint density at radius 3 is 2.57 bits per heavy atom. The Balaban J connectivity index is 1.78. The molecule has 2 aromatic rings. The minimum atomic E-state index is -0.467. The molecule has 1 saturated heterocycles. The van der Waals surface area contributed by atoms with Gasteiger partial charge in [0, 0.05) is 18.4 Å². The SMILES string of the molecule is Cc1cc(C)c(N2CCC(NC(=O)c3ccc[nH]3)C2=O)c(C)c1. The molecule has 1 atom stereocenters. The zero-order valence-electron chi connectivity index (χ0n) is 13.6. The zero-order valence-corrected chi connectivity index (χ0v) is 13.6. The number of carbonyl (C=O) groups excluding carboxylic acids is 2. The van der Waals surface area contributed by atoms with Gasteiger partial charge >= 0.3 is 0 Å². The van der Waals surface area contributed by atoms with Crippen molar-refractivity contribution >= 4 is 17.5 Å². The highest BCUT2D eigenvalue weighted by molar-refractivity contribution is 6.04. The van der Waals surface area contributed by atoms with E-state index < -0.39 is 6.04 Å². The Kier molecular flexibility index (Phi) is 3.94. The smallest absolute Gasteiger partial charge is 0.268 e. The summed E-state index contributed by atoms with van der Waals surface area (Å²) >= 11 is 0. The zero-order chi connectivity index (χ0) is 16.6. The lowest BCUT2D eigenvalue weighted by atomic mass is 10.0. The summed E-state index contributed by atoms with van der Waals surface area (Å²) in [5.41, 5.74) is 4.81. The standard InChI is InChI=1S/C18H21N3O2/c1-11-9-12(2)16(13(3)10-11)21-8-6-15(18(21)23)20-17(22)14-5-4-7-19-14/h4-5,7,9-10,15,19H,6,8H2,1-3H3,(H,20,22). The summed E-state index contributed by atoms with van der Waals surface area (Å²) in [5.74, 6) is -0.285. The lowest BCUT2D eigenvalue weighted by Gasteiger charge is -2.22. The number of H-pyrrole nitrogens is 1. The van der Waals surface area contributed by atoms with Crippen LogP contribution in [0.3, 0.4) is 0 Å². The number of carbonyl (C=O) groups is 2. The third-order valence-corrected chi connectivity index (χ3v) is 4.26. The largest absolute Gasteiger partial charge is 0.357 e. The highest BCUT2D eigenvalue weighted by atomic mass is 16.2. The Bertz CT molecular complexity index is 727. The number of anilines is 1. The average Bonchev–Trinajstić information content (AvgIpc) is 3.11. The minimum absolute atomic E-state index is 0.0417. The number of aryl methyl sites for hydroxylation is 3. The predicted molar refractivity (Wildman–Crippen MR) is 89.7 cm³/mol. The van der Waals surface area contributed by atoms with Gasteiger partial charge in [-0.15, -0.1) is 0 Å². The van der Waals surface area contributed by atoms with E-state index in [-0.39, 0.29) is 11.8 Å². The van der Waals surface area contributed by atoms with Gasteiger partial charge in [0.25, 0.3) is 5.91 Å². The number of benzene rings is 1. The van der Waals surface area contributed by atoms with Crippen LogP contribution in [-0.4, -0.2) is 29.4 Å². The molecule has 1 fully saturated rings. The number of amides is 2. The summed E-state index contributed by atoms with van der Waals surface area (Å²) in [6.45, 7) is 6.72. The molecule has 3 rings (SSSR count). The first-order chi connectivity index (χ1) is 11.0. The highest BCUT2D eigenvalue weighted by Crippen LogP contribution is 2.30. The van der Waals surface area contributed by atoms with Gasteiger partial charge in [0.1, 0.15) is 11.7 Å². The number of nitrogens with one attached hydrogen (secondary N) is 2. The van der Waals surface area contributed by atoms with E-state index in [0.29, 0.717) is 18.7 Å². The second kappa shape index (κ2) is 5.91. The van der Waals surface area contributed by atoms with Crippen LogP contribution in [0.1, 0.15) is 33.6 Å². The van der Waals surface area contributed by atoms with E-state index in [0.717, 1.165) is 16.8 Å². The summed E-state index contributed by atoms with van der Waals surface area (Å²) in [4.78, 5) is 29.5. The quantitative estimate of drug-likeness (QED) is 0.914. The van der Waals surface area contributed by atoms with Crippen LogP contribution in [0.15, 0.2) is 30.5 Å². The van der Waals surface area contributed by atoms with Crippen molar-refractivity contribution in [3.05, 3.63) is 52.8 Å². The Morgan fingerprint density at radius 1 is 1.26 bits per heavy atom. The molecule has 2 heterocycles. The Hall–Kier alpha value is -2.56. The van der Waals surface area contributed by atoms with Crippen molar-refractivity contribution < 1.29 is 9.59 Å². The molecule has 2 amide bonds. The Labute approximate surface area is 135 Å². The minimum Gasteiger partial charge on any atom is -0.357 e. The molecule has 5 nitrogen and oxygen atoms in total.